The Balaban J connectivity index is 2.86. The summed E-state index contributed by atoms with van der Waals surface area (Å²) in [6, 6.07) is -0.498. The van der Waals surface area contributed by atoms with Crippen molar-refractivity contribution in [3.63, 3.8) is 0 Å². The van der Waals surface area contributed by atoms with Gasteiger partial charge in [-0.3, -0.25) is 4.79 Å². The standard InChI is InChI=1S/C13H23NO4/c1-13(2,3)11(18-5)12(16)14-7-6-10(17-4)9(14)8-15/h8-11H,6-7H2,1-5H3/t9?,10?,11-/m1/s1. The zero-order chi connectivity index (χ0) is 13.9. The Kier molecular flexibility index (Phi) is 4.87. The molecule has 1 amide bonds. The molecule has 1 saturated heterocycles. The highest BCUT2D eigenvalue weighted by Crippen LogP contribution is 2.27. The van der Waals surface area contributed by atoms with Crippen LogP contribution in [0.3, 0.4) is 0 Å². The van der Waals surface area contributed by atoms with Gasteiger partial charge in [-0.1, -0.05) is 20.8 Å². The molecular formula is C13H23NO4. The molecule has 5 heteroatoms. The van der Waals surface area contributed by atoms with E-state index in [0.29, 0.717) is 13.0 Å². The number of hydrogen-bond acceptors (Lipinski definition) is 4. The summed E-state index contributed by atoms with van der Waals surface area (Å²) in [5.41, 5.74) is -0.301. The Morgan fingerprint density at radius 1 is 1.39 bits per heavy atom. The molecule has 0 aromatic carbocycles. The zero-order valence-corrected chi connectivity index (χ0v) is 11.8. The maximum Gasteiger partial charge on any atom is 0.252 e. The Morgan fingerprint density at radius 3 is 2.39 bits per heavy atom. The molecule has 0 bridgehead atoms. The molecular weight excluding hydrogens is 234 g/mol. The van der Waals surface area contributed by atoms with Gasteiger partial charge in [0.25, 0.3) is 5.91 Å². The lowest BCUT2D eigenvalue weighted by atomic mass is 9.88. The summed E-state index contributed by atoms with van der Waals surface area (Å²) >= 11 is 0. The van der Waals surface area contributed by atoms with Gasteiger partial charge >= 0.3 is 0 Å². The Labute approximate surface area is 108 Å². The summed E-state index contributed by atoms with van der Waals surface area (Å²) in [4.78, 5) is 25.1. The Hall–Kier alpha value is -0.940. The lowest BCUT2D eigenvalue weighted by Crippen LogP contribution is -2.50. The molecule has 0 spiro atoms. The van der Waals surface area contributed by atoms with Gasteiger partial charge in [0.2, 0.25) is 0 Å². The smallest absolute Gasteiger partial charge is 0.252 e. The first kappa shape index (κ1) is 15.1. The van der Waals surface area contributed by atoms with Gasteiger partial charge in [-0.05, 0) is 11.8 Å². The topological polar surface area (TPSA) is 55.8 Å². The van der Waals surface area contributed by atoms with Crippen LogP contribution >= 0.6 is 0 Å². The molecule has 0 saturated carbocycles. The van der Waals surface area contributed by atoms with Crippen LogP contribution in [-0.4, -0.2) is 56.1 Å². The fourth-order valence-corrected chi connectivity index (χ4v) is 2.44. The second-order valence-corrected chi connectivity index (χ2v) is 5.70. The fraction of sp³-hybridized carbons (Fsp3) is 0.846. The van der Waals surface area contributed by atoms with Crippen molar-refractivity contribution >= 4 is 12.2 Å². The molecule has 1 fully saturated rings. The number of nitrogens with zero attached hydrogens (tertiary/aromatic N) is 1. The third-order valence-electron chi connectivity index (χ3n) is 3.37. The highest BCUT2D eigenvalue weighted by atomic mass is 16.5. The first-order valence-corrected chi connectivity index (χ1v) is 6.18. The van der Waals surface area contributed by atoms with E-state index in [1.807, 2.05) is 20.8 Å². The maximum atomic E-state index is 12.4. The van der Waals surface area contributed by atoms with Crippen LogP contribution in [0.25, 0.3) is 0 Å². The fourth-order valence-electron chi connectivity index (χ4n) is 2.44. The van der Waals surface area contributed by atoms with Gasteiger partial charge in [0, 0.05) is 20.8 Å². The molecule has 1 rings (SSSR count). The van der Waals surface area contributed by atoms with Crippen molar-refractivity contribution in [3.8, 4) is 0 Å². The normalized spacial score (nSPS) is 26.2. The lowest BCUT2D eigenvalue weighted by Gasteiger charge is -2.33. The second-order valence-electron chi connectivity index (χ2n) is 5.70. The molecule has 0 radical (unpaired) electrons. The molecule has 1 heterocycles. The van der Waals surface area contributed by atoms with E-state index >= 15 is 0 Å². The molecule has 18 heavy (non-hydrogen) atoms. The molecule has 0 aromatic heterocycles. The van der Waals surface area contributed by atoms with E-state index in [1.54, 1.807) is 12.0 Å². The van der Waals surface area contributed by atoms with Crippen LogP contribution in [0, 0.1) is 5.41 Å². The van der Waals surface area contributed by atoms with Crippen LogP contribution in [0.1, 0.15) is 27.2 Å². The second kappa shape index (κ2) is 5.80. The average Bonchev–Trinajstić information content (AvgIpc) is 2.70. The minimum atomic E-state index is -0.546. The number of amides is 1. The molecule has 1 aliphatic rings. The third kappa shape index (κ3) is 2.90. The van der Waals surface area contributed by atoms with Crippen molar-refractivity contribution in [2.45, 2.75) is 45.4 Å². The summed E-state index contributed by atoms with van der Waals surface area (Å²) in [6.07, 6.45) is 0.722. The third-order valence-corrected chi connectivity index (χ3v) is 3.37. The maximum absolute atomic E-state index is 12.4. The summed E-state index contributed by atoms with van der Waals surface area (Å²) < 4.78 is 10.5. The molecule has 0 aliphatic carbocycles. The number of carbonyl (C=O) groups excluding carboxylic acids is 2. The molecule has 1 aliphatic heterocycles. The van der Waals surface area contributed by atoms with Crippen molar-refractivity contribution in [2.24, 2.45) is 5.41 Å². The molecule has 0 aromatic rings. The average molecular weight is 257 g/mol. The predicted molar refractivity (Wildman–Crippen MR) is 67.2 cm³/mol. The van der Waals surface area contributed by atoms with Crippen LogP contribution in [0.5, 0.6) is 0 Å². The highest BCUT2D eigenvalue weighted by molar-refractivity contribution is 5.85. The van der Waals surface area contributed by atoms with Gasteiger partial charge in [0.15, 0.2) is 0 Å². The summed E-state index contributed by atoms with van der Waals surface area (Å²) in [7, 11) is 3.08. The number of ether oxygens (including phenoxy) is 2. The first-order valence-electron chi connectivity index (χ1n) is 6.18. The van der Waals surface area contributed by atoms with Gasteiger partial charge in [0.05, 0.1) is 6.10 Å². The predicted octanol–water partition coefficient (Wildman–Crippen LogP) is 0.862. The van der Waals surface area contributed by atoms with E-state index in [2.05, 4.69) is 0 Å². The Bertz CT molecular complexity index is 311. The van der Waals surface area contributed by atoms with E-state index in [1.165, 1.54) is 7.11 Å². The van der Waals surface area contributed by atoms with Crippen molar-refractivity contribution in [3.05, 3.63) is 0 Å². The van der Waals surface area contributed by atoms with Gasteiger partial charge in [0.1, 0.15) is 18.4 Å². The van der Waals surface area contributed by atoms with Crippen LogP contribution in [0.4, 0.5) is 0 Å². The van der Waals surface area contributed by atoms with E-state index in [0.717, 1.165) is 6.29 Å². The van der Waals surface area contributed by atoms with Crippen LogP contribution < -0.4 is 0 Å². The quantitative estimate of drug-likeness (QED) is 0.701. The SMILES string of the molecule is COC1CCN(C(=O)[C@@H](OC)C(C)(C)C)C1C=O. The number of carbonyl (C=O) groups is 2. The zero-order valence-electron chi connectivity index (χ0n) is 11.8. The van der Waals surface area contributed by atoms with Crippen LogP contribution in [0.15, 0.2) is 0 Å². The van der Waals surface area contributed by atoms with E-state index in [-0.39, 0.29) is 17.4 Å². The van der Waals surface area contributed by atoms with Crippen molar-refractivity contribution < 1.29 is 19.1 Å². The van der Waals surface area contributed by atoms with E-state index in [9.17, 15) is 9.59 Å². The van der Waals surface area contributed by atoms with Crippen LogP contribution in [-0.2, 0) is 19.1 Å². The summed E-state index contributed by atoms with van der Waals surface area (Å²) in [5, 5.41) is 0. The van der Waals surface area contributed by atoms with Gasteiger partial charge in [-0.2, -0.15) is 0 Å². The highest BCUT2D eigenvalue weighted by Gasteiger charge is 2.42. The number of aldehydes is 1. The van der Waals surface area contributed by atoms with E-state index in [4.69, 9.17) is 9.47 Å². The van der Waals surface area contributed by atoms with Crippen molar-refractivity contribution in [1.82, 2.24) is 4.90 Å². The van der Waals surface area contributed by atoms with Gasteiger partial charge in [-0.15, -0.1) is 0 Å². The molecule has 2 unspecified atom stereocenters. The van der Waals surface area contributed by atoms with Crippen LogP contribution in [0.2, 0.25) is 0 Å². The van der Waals surface area contributed by atoms with E-state index < -0.39 is 12.1 Å². The number of methoxy groups -OCH3 is 2. The minimum Gasteiger partial charge on any atom is -0.379 e. The lowest BCUT2D eigenvalue weighted by molar-refractivity contribution is -0.151. The summed E-state index contributed by atoms with van der Waals surface area (Å²) in [6.45, 7) is 6.37. The van der Waals surface area contributed by atoms with Gasteiger partial charge in [-0.25, -0.2) is 0 Å². The summed E-state index contributed by atoms with van der Waals surface area (Å²) in [5.74, 6) is -0.137. The largest absolute Gasteiger partial charge is 0.379 e. The monoisotopic (exact) mass is 257 g/mol. The minimum absolute atomic E-state index is 0.137. The molecule has 0 N–H and O–H groups in total. The number of rotatable bonds is 4. The number of likely N-dealkylation sites (tertiary alicyclic amines) is 1. The molecule has 5 nitrogen and oxygen atoms in total. The van der Waals surface area contributed by atoms with Crippen molar-refractivity contribution in [2.75, 3.05) is 20.8 Å². The molecule has 104 valence electrons. The number of hydrogen-bond donors (Lipinski definition) is 0. The van der Waals surface area contributed by atoms with Crippen molar-refractivity contribution in [1.29, 1.82) is 0 Å². The van der Waals surface area contributed by atoms with Gasteiger partial charge < -0.3 is 19.2 Å². The molecule has 3 atom stereocenters. The Morgan fingerprint density at radius 2 is 2.00 bits per heavy atom. The first-order chi connectivity index (χ1) is 8.36.